The Balaban J connectivity index is 1.67. The first-order chi connectivity index (χ1) is 13.5. The molecule has 3 aromatic rings. The van der Waals surface area contributed by atoms with Crippen molar-refractivity contribution in [2.24, 2.45) is 5.73 Å². The molecule has 1 fully saturated rings. The molecule has 1 aliphatic carbocycles. The van der Waals surface area contributed by atoms with Crippen LogP contribution in [-0.4, -0.2) is 27.2 Å². The average molecular weight is 401 g/mol. The number of nitrogen functional groups attached to an aromatic ring is 1. The Morgan fingerprint density at radius 2 is 1.93 bits per heavy atom. The number of hydrogen-bond donors (Lipinski definition) is 3. The summed E-state index contributed by atoms with van der Waals surface area (Å²) < 4.78 is 7.20. The Morgan fingerprint density at radius 3 is 2.61 bits per heavy atom. The van der Waals surface area contributed by atoms with Gasteiger partial charge >= 0.3 is 0 Å². The summed E-state index contributed by atoms with van der Waals surface area (Å²) >= 11 is 6.47. The molecule has 28 heavy (non-hydrogen) atoms. The van der Waals surface area contributed by atoms with E-state index in [2.05, 4.69) is 10.4 Å². The van der Waals surface area contributed by atoms with E-state index < -0.39 is 0 Å². The Hall–Kier alpha value is -2.51. The lowest BCUT2D eigenvalue weighted by Gasteiger charge is -2.24. The maximum absolute atomic E-state index is 6.47. The molecule has 5 N–H and O–H groups in total. The van der Waals surface area contributed by atoms with Gasteiger partial charge < -0.3 is 21.5 Å². The van der Waals surface area contributed by atoms with Crippen molar-refractivity contribution < 1.29 is 4.74 Å². The number of fused-ring (bicyclic) bond motifs is 1. The highest BCUT2D eigenvalue weighted by molar-refractivity contribution is 6.36. The molecule has 0 atom stereocenters. The molecule has 0 amide bonds. The molecule has 8 heteroatoms. The average Bonchev–Trinajstić information content (AvgIpc) is 3.11. The van der Waals surface area contributed by atoms with Crippen molar-refractivity contribution >= 4 is 34.4 Å². The van der Waals surface area contributed by atoms with Gasteiger partial charge in [-0.15, -0.1) is 5.10 Å². The van der Waals surface area contributed by atoms with Crippen LogP contribution in [0.5, 0.6) is 5.75 Å². The van der Waals surface area contributed by atoms with Gasteiger partial charge in [-0.05, 0) is 56.9 Å². The fourth-order valence-corrected chi connectivity index (χ4v) is 3.86. The van der Waals surface area contributed by atoms with E-state index in [4.69, 9.17) is 32.8 Å². The van der Waals surface area contributed by atoms with Crippen LogP contribution in [-0.2, 0) is 0 Å². The predicted octanol–water partition coefficient (Wildman–Crippen LogP) is 4.09. The fraction of sp³-hybridized carbons (Fsp3) is 0.400. The standard InChI is InChI=1S/C20H25ClN6O/c1-2-28-15-9-7-14(8-10-15)24-18-17(21)19(23)26-27-11-16(25-20(18)27)12-3-5-13(22)6-4-12/h7-13,24H,2-6,22H2,1H3,(H2,23,26). The van der Waals surface area contributed by atoms with E-state index in [1.54, 1.807) is 4.52 Å². The molecule has 2 heterocycles. The van der Waals surface area contributed by atoms with E-state index >= 15 is 0 Å². The maximum Gasteiger partial charge on any atom is 0.179 e. The van der Waals surface area contributed by atoms with Crippen LogP contribution in [0.4, 0.5) is 17.2 Å². The van der Waals surface area contributed by atoms with Gasteiger partial charge in [0.1, 0.15) is 16.5 Å². The van der Waals surface area contributed by atoms with Crippen LogP contribution in [0, 0.1) is 0 Å². The van der Waals surface area contributed by atoms with Crippen LogP contribution in [0.3, 0.4) is 0 Å². The first kappa shape index (κ1) is 18.8. The Bertz CT molecular complexity index is 963. The molecule has 0 radical (unpaired) electrons. The zero-order valence-electron chi connectivity index (χ0n) is 15.9. The lowest BCUT2D eigenvalue weighted by atomic mass is 9.85. The van der Waals surface area contributed by atoms with Crippen molar-refractivity contribution in [3.8, 4) is 5.75 Å². The minimum absolute atomic E-state index is 0.261. The molecule has 4 rings (SSSR count). The number of rotatable bonds is 5. The highest BCUT2D eigenvalue weighted by Crippen LogP contribution is 2.36. The third-order valence-corrected chi connectivity index (χ3v) is 5.60. The first-order valence-electron chi connectivity index (χ1n) is 9.65. The van der Waals surface area contributed by atoms with Gasteiger partial charge in [0, 0.05) is 17.6 Å². The minimum Gasteiger partial charge on any atom is -0.494 e. The van der Waals surface area contributed by atoms with Gasteiger partial charge in [-0.3, -0.25) is 0 Å². The van der Waals surface area contributed by atoms with Crippen molar-refractivity contribution in [2.75, 3.05) is 17.7 Å². The van der Waals surface area contributed by atoms with Gasteiger partial charge in [-0.1, -0.05) is 11.6 Å². The lowest BCUT2D eigenvalue weighted by Crippen LogP contribution is -2.25. The van der Waals surface area contributed by atoms with E-state index in [9.17, 15) is 0 Å². The Morgan fingerprint density at radius 1 is 1.21 bits per heavy atom. The second kappa shape index (κ2) is 7.85. The molecule has 0 bridgehead atoms. The second-order valence-corrected chi connectivity index (χ2v) is 7.58. The van der Waals surface area contributed by atoms with Gasteiger partial charge in [0.15, 0.2) is 11.5 Å². The molecule has 148 valence electrons. The monoisotopic (exact) mass is 400 g/mol. The number of halogens is 1. The van der Waals surface area contributed by atoms with Gasteiger partial charge in [0.25, 0.3) is 0 Å². The number of aromatic nitrogens is 3. The van der Waals surface area contributed by atoms with Crippen LogP contribution in [0.1, 0.15) is 44.2 Å². The molecule has 0 saturated heterocycles. The molecule has 1 aromatic carbocycles. The smallest absolute Gasteiger partial charge is 0.179 e. The summed E-state index contributed by atoms with van der Waals surface area (Å²) in [5, 5.41) is 8.06. The van der Waals surface area contributed by atoms with Gasteiger partial charge in [-0.2, -0.15) is 0 Å². The van der Waals surface area contributed by atoms with Gasteiger partial charge in [0.05, 0.1) is 18.5 Å². The summed E-state index contributed by atoms with van der Waals surface area (Å²) in [5.41, 5.74) is 15.3. The van der Waals surface area contributed by atoms with Crippen molar-refractivity contribution in [2.45, 2.75) is 44.6 Å². The molecular formula is C20H25ClN6O. The van der Waals surface area contributed by atoms with Crippen molar-refractivity contribution in [3.05, 3.63) is 41.2 Å². The minimum atomic E-state index is 0.261. The predicted molar refractivity (Wildman–Crippen MR) is 112 cm³/mol. The van der Waals surface area contributed by atoms with Crippen molar-refractivity contribution in [3.63, 3.8) is 0 Å². The largest absolute Gasteiger partial charge is 0.494 e. The zero-order valence-corrected chi connectivity index (χ0v) is 16.6. The number of imidazole rings is 1. The van der Waals surface area contributed by atoms with Crippen molar-refractivity contribution in [1.29, 1.82) is 0 Å². The quantitative estimate of drug-likeness (QED) is 0.595. The van der Waals surface area contributed by atoms with E-state index in [1.165, 1.54) is 0 Å². The molecule has 7 nitrogen and oxygen atoms in total. The normalized spacial score (nSPS) is 19.7. The number of ether oxygens (including phenoxy) is 1. The first-order valence-corrected chi connectivity index (χ1v) is 10.0. The fourth-order valence-electron chi connectivity index (χ4n) is 3.69. The third-order valence-electron chi connectivity index (χ3n) is 5.21. The third kappa shape index (κ3) is 3.72. The lowest BCUT2D eigenvalue weighted by molar-refractivity contribution is 0.340. The molecular weight excluding hydrogens is 376 g/mol. The number of anilines is 3. The summed E-state index contributed by atoms with van der Waals surface area (Å²) in [5.74, 6) is 1.47. The molecule has 1 aliphatic rings. The SMILES string of the molecule is CCOc1ccc(Nc2c(Cl)c(N)nn3cc(C4CCC(N)CC4)nc23)cc1. The molecule has 0 aliphatic heterocycles. The van der Waals surface area contributed by atoms with Crippen LogP contribution < -0.4 is 21.5 Å². The number of nitrogens with zero attached hydrogens (tertiary/aromatic N) is 3. The van der Waals surface area contributed by atoms with Gasteiger partial charge in [0.2, 0.25) is 0 Å². The highest BCUT2D eigenvalue weighted by atomic mass is 35.5. The number of hydrogen-bond acceptors (Lipinski definition) is 6. The van der Waals surface area contributed by atoms with Crippen LogP contribution in [0.2, 0.25) is 5.02 Å². The van der Waals surface area contributed by atoms with Crippen LogP contribution in [0.25, 0.3) is 5.65 Å². The van der Waals surface area contributed by atoms with Crippen LogP contribution in [0.15, 0.2) is 30.5 Å². The maximum atomic E-state index is 6.47. The zero-order chi connectivity index (χ0) is 19.7. The van der Waals surface area contributed by atoms with Crippen LogP contribution >= 0.6 is 11.6 Å². The van der Waals surface area contributed by atoms with Gasteiger partial charge in [-0.25, -0.2) is 9.50 Å². The van der Waals surface area contributed by atoms with E-state index in [0.29, 0.717) is 34.9 Å². The molecule has 2 aromatic heterocycles. The Labute approximate surface area is 169 Å². The second-order valence-electron chi connectivity index (χ2n) is 7.20. The van der Waals surface area contributed by atoms with E-state index in [-0.39, 0.29) is 5.82 Å². The van der Waals surface area contributed by atoms with E-state index in [1.807, 2.05) is 37.4 Å². The Kier molecular flexibility index (Phi) is 5.28. The number of nitrogens with one attached hydrogen (secondary N) is 1. The molecule has 1 saturated carbocycles. The molecule has 0 spiro atoms. The summed E-state index contributed by atoms with van der Waals surface area (Å²) in [6.45, 7) is 2.58. The number of nitrogens with two attached hydrogens (primary N) is 2. The number of benzene rings is 1. The summed E-state index contributed by atoms with van der Waals surface area (Å²) in [6, 6.07) is 7.98. The van der Waals surface area contributed by atoms with Crippen molar-refractivity contribution in [1.82, 2.24) is 14.6 Å². The summed E-state index contributed by atoms with van der Waals surface area (Å²) in [4.78, 5) is 4.84. The van der Waals surface area contributed by atoms with E-state index in [0.717, 1.165) is 42.8 Å². The highest BCUT2D eigenvalue weighted by Gasteiger charge is 2.24. The molecule has 0 unspecified atom stereocenters. The summed E-state index contributed by atoms with van der Waals surface area (Å²) in [7, 11) is 0. The summed E-state index contributed by atoms with van der Waals surface area (Å²) in [6.07, 6.45) is 6.07. The topological polar surface area (TPSA) is 103 Å².